The van der Waals surface area contributed by atoms with Crippen molar-refractivity contribution >= 4 is 11.9 Å². The molecule has 0 unspecified atom stereocenters. The molecule has 0 aliphatic heterocycles. The number of benzene rings is 2. The van der Waals surface area contributed by atoms with E-state index in [0.29, 0.717) is 30.2 Å². The molecule has 0 fully saturated rings. The van der Waals surface area contributed by atoms with Crippen LogP contribution in [0.3, 0.4) is 0 Å². The van der Waals surface area contributed by atoms with Crippen molar-refractivity contribution in [2.75, 3.05) is 11.9 Å². The molecule has 1 N–H and O–H groups in total. The van der Waals surface area contributed by atoms with Crippen LogP contribution in [0.2, 0.25) is 0 Å². The lowest BCUT2D eigenvalue weighted by atomic mass is 10.0. The predicted molar refractivity (Wildman–Crippen MR) is 112 cm³/mol. The Morgan fingerprint density at radius 1 is 1.07 bits per heavy atom. The molecule has 152 valence electrons. The van der Waals surface area contributed by atoms with Gasteiger partial charge in [0.2, 0.25) is 5.89 Å². The number of aryl methyl sites for hydroxylation is 2. The van der Waals surface area contributed by atoms with Crippen molar-refractivity contribution in [2.24, 2.45) is 0 Å². The first-order chi connectivity index (χ1) is 14.0. The van der Waals surface area contributed by atoms with Crippen LogP contribution in [0.25, 0.3) is 0 Å². The quantitative estimate of drug-likeness (QED) is 0.512. The van der Waals surface area contributed by atoms with Crippen molar-refractivity contribution < 1.29 is 13.9 Å². The molecule has 1 aromatic heterocycles. The lowest BCUT2D eigenvalue weighted by Crippen LogP contribution is -2.12. The summed E-state index contributed by atoms with van der Waals surface area (Å²) in [6, 6.07) is 13.4. The Balaban J connectivity index is 1.59. The number of nitrogens with zero attached hydrogens (tertiary/aromatic N) is 2. The predicted octanol–water partition coefficient (Wildman–Crippen LogP) is 5.10. The first-order valence-corrected chi connectivity index (χ1v) is 9.98. The van der Waals surface area contributed by atoms with E-state index in [1.807, 2.05) is 12.1 Å². The van der Waals surface area contributed by atoms with Crippen molar-refractivity contribution in [3.63, 3.8) is 0 Å². The maximum atomic E-state index is 12.5. The number of carbonyl (C=O) groups is 1. The molecule has 29 heavy (non-hydrogen) atoms. The largest absolute Gasteiger partial charge is 0.494 e. The van der Waals surface area contributed by atoms with Gasteiger partial charge in [0.15, 0.2) is 0 Å². The van der Waals surface area contributed by atoms with Gasteiger partial charge in [0.1, 0.15) is 5.75 Å². The molecule has 3 rings (SSSR count). The van der Waals surface area contributed by atoms with Gasteiger partial charge in [0.25, 0.3) is 5.91 Å². The van der Waals surface area contributed by atoms with Crippen LogP contribution in [0.5, 0.6) is 5.75 Å². The molecule has 0 atom stereocenters. The maximum absolute atomic E-state index is 12.5. The summed E-state index contributed by atoms with van der Waals surface area (Å²) in [4.78, 5) is 12.5. The van der Waals surface area contributed by atoms with Crippen LogP contribution >= 0.6 is 0 Å². The number of hydrogen-bond donors (Lipinski definition) is 1. The fourth-order valence-electron chi connectivity index (χ4n) is 2.90. The van der Waals surface area contributed by atoms with Crippen LogP contribution in [0, 0.1) is 13.8 Å². The molecule has 0 bridgehead atoms. The first-order valence-electron chi connectivity index (χ1n) is 9.98. The lowest BCUT2D eigenvalue weighted by Gasteiger charge is -2.07. The minimum absolute atomic E-state index is 0.0862. The Bertz CT molecular complexity index is 966. The average Bonchev–Trinajstić information content (AvgIpc) is 3.15. The van der Waals surface area contributed by atoms with E-state index < -0.39 is 0 Å². The third-order valence-electron chi connectivity index (χ3n) is 4.73. The van der Waals surface area contributed by atoms with E-state index in [-0.39, 0.29) is 11.9 Å². The van der Waals surface area contributed by atoms with Gasteiger partial charge in [-0.05, 0) is 55.2 Å². The number of unbranched alkanes of at least 4 members (excludes halogenated alkanes) is 2. The summed E-state index contributed by atoms with van der Waals surface area (Å²) in [6.07, 6.45) is 3.78. The molecular formula is C23H27N3O3. The second kappa shape index (κ2) is 9.87. The molecule has 0 aliphatic rings. The van der Waals surface area contributed by atoms with Crippen LogP contribution in [0.4, 0.5) is 6.01 Å². The van der Waals surface area contributed by atoms with Crippen molar-refractivity contribution in [3.8, 4) is 5.75 Å². The molecule has 0 radical (unpaired) electrons. The number of hydrogen-bond acceptors (Lipinski definition) is 5. The van der Waals surface area contributed by atoms with Gasteiger partial charge in [0.05, 0.1) is 13.0 Å². The standard InChI is InChI=1S/C23H27N3O3/c1-4-5-6-12-28-20-9-7-8-19(15-20)22(27)24-23-26-25-21(29-23)14-18-11-10-16(2)17(3)13-18/h7-11,13,15H,4-6,12,14H2,1-3H3,(H,24,26,27). The third-order valence-corrected chi connectivity index (χ3v) is 4.73. The van der Waals surface area contributed by atoms with Crippen molar-refractivity contribution in [2.45, 2.75) is 46.5 Å². The fourth-order valence-corrected chi connectivity index (χ4v) is 2.90. The Kier molecular flexibility index (Phi) is 7.00. The molecule has 1 amide bonds. The van der Waals surface area contributed by atoms with Crippen molar-refractivity contribution in [1.82, 2.24) is 10.2 Å². The van der Waals surface area contributed by atoms with E-state index in [2.05, 4.69) is 48.4 Å². The molecule has 1 heterocycles. The topological polar surface area (TPSA) is 77.2 Å². The minimum atomic E-state index is -0.314. The van der Waals surface area contributed by atoms with Gasteiger partial charge in [0, 0.05) is 5.56 Å². The Morgan fingerprint density at radius 2 is 1.93 bits per heavy atom. The zero-order valence-corrected chi connectivity index (χ0v) is 17.2. The minimum Gasteiger partial charge on any atom is -0.494 e. The smallest absolute Gasteiger partial charge is 0.322 e. The van der Waals surface area contributed by atoms with Gasteiger partial charge >= 0.3 is 6.01 Å². The van der Waals surface area contributed by atoms with Crippen LogP contribution in [0.1, 0.15) is 59.1 Å². The number of amides is 1. The molecule has 6 nitrogen and oxygen atoms in total. The van der Waals surface area contributed by atoms with E-state index in [0.717, 1.165) is 24.8 Å². The molecule has 2 aromatic carbocycles. The molecule has 0 aliphatic carbocycles. The summed E-state index contributed by atoms with van der Waals surface area (Å²) in [5, 5.41) is 10.6. The summed E-state index contributed by atoms with van der Waals surface area (Å²) >= 11 is 0. The Labute approximate surface area is 171 Å². The molecule has 0 saturated heterocycles. The second-order valence-electron chi connectivity index (χ2n) is 7.13. The molecular weight excluding hydrogens is 366 g/mol. The number of carbonyl (C=O) groups excluding carboxylic acids is 1. The highest BCUT2D eigenvalue weighted by molar-refractivity contribution is 6.03. The third kappa shape index (κ3) is 5.91. The number of nitrogens with one attached hydrogen (secondary N) is 1. The van der Waals surface area contributed by atoms with Gasteiger partial charge in [-0.3, -0.25) is 10.1 Å². The monoisotopic (exact) mass is 393 g/mol. The zero-order valence-electron chi connectivity index (χ0n) is 17.2. The summed E-state index contributed by atoms with van der Waals surface area (Å²) in [5.74, 6) is 0.816. The summed E-state index contributed by atoms with van der Waals surface area (Å²) in [7, 11) is 0. The molecule has 0 spiro atoms. The Hall–Kier alpha value is -3.15. The Morgan fingerprint density at radius 3 is 2.72 bits per heavy atom. The zero-order chi connectivity index (χ0) is 20.6. The highest BCUT2D eigenvalue weighted by atomic mass is 16.5. The summed E-state index contributed by atoms with van der Waals surface area (Å²) in [6.45, 7) is 6.94. The van der Waals surface area contributed by atoms with E-state index in [1.54, 1.807) is 18.2 Å². The van der Waals surface area contributed by atoms with Gasteiger partial charge in [-0.1, -0.05) is 49.1 Å². The second-order valence-corrected chi connectivity index (χ2v) is 7.13. The molecule has 3 aromatic rings. The van der Waals surface area contributed by atoms with Gasteiger partial charge < -0.3 is 9.15 Å². The van der Waals surface area contributed by atoms with E-state index >= 15 is 0 Å². The normalized spacial score (nSPS) is 10.7. The number of anilines is 1. The molecule has 0 saturated carbocycles. The van der Waals surface area contributed by atoms with Crippen LogP contribution in [-0.2, 0) is 6.42 Å². The van der Waals surface area contributed by atoms with Crippen LogP contribution < -0.4 is 10.1 Å². The fraction of sp³-hybridized carbons (Fsp3) is 0.348. The summed E-state index contributed by atoms with van der Waals surface area (Å²) < 4.78 is 11.3. The van der Waals surface area contributed by atoms with Gasteiger partial charge in [-0.2, -0.15) is 0 Å². The van der Waals surface area contributed by atoms with Crippen molar-refractivity contribution in [1.29, 1.82) is 0 Å². The highest BCUT2D eigenvalue weighted by Crippen LogP contribution is 2.17. The molecule has 6 heteroatoms. The first kappa shape index (κ1) is 20.6. The SMILES string of the molecule is CCCCCOc1cccc(C(=O)Nc2nnc(Cc3ccc(C)c(C)c3)o2)c1. The van der Waals surface area contributed by atoms with Gasteiger partial charge in [-0.15, -0.1) is 5.10 Å². The van der Waals surface area contributed by atoms with Crippen LogP contribution in [-0.4, -0.2) is 22.7 Å². The lowest BCUT2D eigenvalue weighted by molar-refractivity contribution is 0.102. The van der Waals surface area contributed by atoms with Gasteiger partial charge in [-0.25, -0.2) is 0 Å². The number of ether oxygens (including phenoxy) is 1. The average molecular weight is 393 g/mol. The van der Waals surface area contributed by atoms with Crippen molar-refractivity contribution in [3.05, 3.63) is 70.6 Å². The maximum Gasteiger partial charge on any atom is 0.322 e. The van der Waals surface area contributed by atoms with E-state index in [1.165, 1.54) is 11.1 Å². The van der Waals surface area contributed by atoms with Crippen LogP contribution in [0.15, 0.2) is 46.9 Å². The number of aromatic nitrogens is 2. The number of rotatable bonds is 9. The highest BCUT2D eigenvalue weighted by Gasteiger charge is 2.13. The summed E-state index contributed by atoms with van der Waals surface area (Å²) in [5.41, 5.74) is 4.02. The van der Waals surface area contributed by atoms with E-state index in [9.17, 15) is 4.79 Å². The van der Waals surface area contributed by atoms with E-state index in [4.69, 9.17) is 9.15 Å².